The molecular weight excluding hydrogens is 392 g/mol. The van der Waals surface area contributed by atoms with Crippen LogP contribution in [0.5, 0.6) is 5.75 Å². The number of ether oxygens (including phenoxy) is 1. The van der Waals surface area contributed by atoms with Gasteiger partial charge in [-0.15, -0.1) is 0 Å². The Morgan fingerprint density at radius 3 is 2.35 bits per heavy atom. The summed E-state index contributed by atoms with van der Waals surface area (Å²) in [4.78, 5) is 14.1. The average Bonchev–Trinajstić information content (AvgIpc) is 2.70. The first-order valence-electron chi connectivity index (χ1n) is 9.19. The first-order chi connectivity index (χ1) is 12.7. The Morgan fingerprint density at radius 1 is 1.08 bits per heavy atom. The Bertz CT molecular complexity index is 710. The highest BCUT2D eigenvalue weighted by Crippen LogP contribution is 2.17. The van der Waals surface area contributed by atoms with Crippen molar-refractivity contribution < 1.29 is 14.4 Å². The molecule has 0 saturated carbocycles. The molecule has 138 valence electrons. The van der Waals surface area contributed by atoms with E-state index in [0.29, 0.717) is 12.1 Å². The zero-order valence-electron chi connectivity index (χ0n) is 15.1. The number of amides is 1. The molecule has 26 heavy (non-hydrogen) atoms. The highest BCUT2D eigenvalue weighted by Gasteiger charge is 2.26. The number of rotatable bonds is 6. The van der Waals surface area contributed by atoms with E-state index in [2.05, 4.69) is 33.4 Å². The molecule has 0 aliphatic carbocycles. The van der Waals surface area contributed by atoms with Crippen LogP contribution in [-0.4, -0.2) is 32.7 Å². The van der Waals surface area contributed by atoms with Gasteiger partial charge in [-0.1, -0.05) is 15.9 Å². The minimum absolute atomic E-state index is 0.0209. The van der Waals surface area contributed by atoms with E-state index in [1.807, 2.05) is 36.4 Å². The summed E-state index contributed by atoms with van der Waals surface area (Å²) in [6, 6.07) is 16.0. The van der Waals surface area contributed by atoms with Crippen molar-refractivity contribution in [3.63, 3.8) is 0 Å². The number of methoxy groups -OCH3 is 1. The highest BCUT2D eigenvalue weighted by atomic mass is 79.9. The van der Waals surface area contributed by atoms with Crippen molar-refractivity contribution in [2.45, 2.75) is 25.3 Å². The first-order valence-corrected chi connectivity index (χ1v) is 9.99. The van der Waals surface area contributed by atoms with Crippen LogP contribution < -0.4 is 15.0 Å². The smallest absolute Gasteiger partial charge is 0.251 e. The number of carbonyl (C=O) groups excluding carboxylic acids is 1. The van der Waals surface area contributed by atoms with Crippen LogP contribution in [0.1, 0.15) is 41.2 Å². The molecule has 1 heterocycles. The summed E-state index contributed by atoms with van der Waals surface area (Å²) in [5.41, 5.74) is 1.94. The van der Waals surface area contributed by atoms with Gasteiger partial charge >= 0.3 is 0 Å². The van der Waals surface area contributed by atoms with Crippen LogP contribution in [0.15, 0.2) is 53.0 Å². The summed E-state index contributed by atoms with van der Waals surface area (Å²) < 4.78 is 6.25. The summed E-state index contributed by atoms with van der Waals surface area (Å²) in [5.74, 6) is 0.840. The predicted molar refractivity (Wildman–Crippen MR) is 107 cm³/mol. The Kier molecular flexibility index (Phi) is 6.69. The summed E-state index contributed by atoms with van der Waals surface area (Å²) >= 11 is 3.41. The van der Waals surface area contributed by atoms with Crippen molar-refractivity contribution in [1.82, 2.24) is 5.32 Å². The van der Waals surface area contributed by atoms with E-state index < -0.39 is 0 Å². The lowest BCUT2D eigenvalue weighted by atomic mass is 10.0. The molecular formula is C21H26BrN2O2+. The molecule has 1 aliphatic rings. The van der Waals surface area contributed by atoms with Gasteiger partial charge in [-0.2, -0.15) is 0 Å². The minimum Gasteiger partial charge on any atom is -0.497 e. The lowest BCUT2D eigenvalue weighted by Crippen LogP contribution is -3.13. The van der Waals surface area contributed by atoms with Crippen LogP contribution >= 0.6 is 15.9 Å². The molecule has 1 atom stereocenters. The first kappa shape index (κ1) is 18.9. The standard InChI is InChI=1S/C21H25BrN2O2/c1-26-19-11-7-16(8-12-19)20(24-13-3-2-4-14-24)15-23-21(25)17-5-9-18(22)10-6-17/h5-12,20H,2-4,13-15H2,1H3,(H,23,25)/p+1/t20-/m1/s1. The monoisotopic (exact) mass is 417 g/mol. The van der Waals surface area contributed by atoms with Crippen molar-refractivity contribution in [3.05, 3.63) is 64.1 Å². The number of carbonyl (C=O) groups is 1. The van der Waals surface area contributed by atoms with Gasteiger partial charge in [0.1, 0.15) is 11.8 Å². The maximum atomic E-state index is 12.5. The third kappa shape index (κ3) is 4.86. The van der Waals surface area contributed by atoms with Crippen LogP contribution in [0, 0.1) is 0 Å². The second-order valence-corrected chi connectivity index (χ2v) is 7.68. The van der Waals surface area contributed by atoms with E-state index in [4.69, 9.17) is 4.74 Å². The van der Waals surface area contributed by atoms with Crippen LogP contribution in [0.3, 0.4) is 0 Å². The van der Waals surface area contributed by atoms with Crippen LogP contribution in [0.25, 0.3) is 0 Å². The third-order valence-corrected chi connectivity index (χ3v) is 5.61. The van der Waals surface area contributed by atoms with Gasteiger partial charge < -0.3 is 15.0 Å². The van der Waals surface area contributed by atoms with E-state index >= 15 is 0 Å². The summed E-state index contributed by atoms with van der Waals surface area (Å²) in [6.07, 6.45) is 3.81. The van der Waals surface area contributed by atoms with E-state index in [9.17, 15) is 4.79 Å². The molecule has 4 nitrogen and oxygen atoms in total. The van der Waals surface area contributed by atoms with E-state index in [0.717, 1.165) is 23.3 Å². The SMILES string of the molecule is COc1ccc([C@@H](CNC(=O)c2ccc(Br)cc2)[NH+]2CCCCC2)cc1. The third-order valence-electron chi connectivity index (χ3n) is 5.08. The maximum Gasteiger partial charge on any atom is 0.251 e. The van der Waals surface area contributed by atoms with Crippen molar-refractivity contribution >= 4 is 21.8 Å². The molecule has 0 bridgehead atoms. The second-order valence-electron chi connectivity index (χ2n) is 6.76. The highest BCUT2D eigenvalue weighted by molar-refractivity contribution is 9.10. The molecule has 5 heteroatoms. The molecule has 2 aromatic rings. The van der Waals surface area contributed by atoms with E-state index in [-0.39, 0.29) is 11.9 Å². The van der Waals surface area contributed by atoms with E-state index in [1.54, 1.807) is 12.0 Å². The predicted octanol–water partition coefficient (Wildman–Crippen LogP) is 3.00. The molecule has 0 unspecified atom stereocenters. The van der Waals surface area contributed by atoms with Crippen LogP contribution in [-0.2, 0) is 0 Å². The van der Waals surface area contributed by atoms with Gasteiger partial charge in [0.25, 0.3) is 5.91 Å². The van der Waals surface area contributed by atoms with Gasteiger partial charge in [-0.3, -0.25) is 4.79 Å². The quantitative estimate of drug-likeness (QED) is 0.758. The van der Waals surface area contributed by atoms with Gasteiger partial charge in [0.05, 0.1) is 26.7 Å². The fourth-order valence-corrected chi connectivity index (χ4v) is 3.85. The fourth-order valence-electron chi connectivity index (χ4n) is 3.59. The Morgan fingerprint density at radius 2 is 1.73 bits per heavy atom. The maximum absolute atomic E-state index is 12.5. The molecule has 2 aromatic carbocycles. The van der Waals surface area contributed by atoms with Crippen LogP contribution in [0.2, 0.25) is 0 Å². The Hall–Kier alpha value is -1.85. The van der Waals surface area contributed by atoms with Crippen molar-refractivity contribution in [1.29, 1.82) is 0 Å². The topological polar surface area (TPSA) is 42.8 Å². The molecule has 1 amide bonds. The molecule has 0 radical (unpaired) electrons. The number of piperidine rings is 1. The largest absolute Gasteiger partial charge is 0.497 e. The number of halogens is 1. The molecule has 0 spiro atoms. The molecule has 2 N–H and O–H groups in total. The van der Waals surface area contributed by atoms with Crippen LogP contribution in [0.4, 0.5) is 0 Å². The molecule has 3 rings (SSSR count). The number of likely N-dealkylation sites (tertiary alicyclic amines) is 1. The van der Waals surface area contributed by atoms with Gasteiger partial charge in [-0.05, 0) is 67.8 Å². The van der Waals surface area contributed by atoms with E-state index in [1.165, 1.54) is 24.8 Å². The lowest BCUT2D eigenvalue weighted by molar-refractivity contribution is -0.935. The normalized spacial score (nSPS) is 16.1. The van der Waals surface area contributed by atoms with Gasteiger partial charge in [-0.25, -0.2) is 0 Å². The number of hydrogen-bond donors (Lipinski definition) is 2. The van der Waals surface area contributed by atoms with Crippen molar-refractivity contribution in [3.8, 4) is 5.75 Å². The Balaban J connectivity index is 1.72. The summed E-state index contributed by atoms with van der Waals surface area (Å²) in [7, 11) is 1.68. The fraction of sp³-hybridized carbons (Fsp3) is 0.381. The summed E-state index contributed by atoms with van der Waals surface area (Å²) in [6.45, 7) is 2.95. The average molecular weight is 418 g/mol. The number of quaternary nitrogens is 1. The molecule has 1 saturated heterocycles. The zero-order valence-corrected chi connectivity index (χ0v) is 16.7. The lowest BCUT2D eigenvalue weighted by Gasteiger charge is -2.32. The second kappa shape index (κ2) is 9.19. The molecule has 0 aromatic heterocycles. The number of nitrogens with one attached hydrogen (secondary N) is 2. The minimum atomic E-state index is -0.0209. The Labute approximate surface area is 163 Å². The van der Waals surface area contributed by atoms with Gasteiger partial charge in [0, 0.05) is 15.6 Å². The zero-order chi connectivity index (χ0) is 18.4. The van der Waals surface area contributed by atoms with Gasteiger partial charge in [0.2, 0.25) is 0 Å². The molecule has 1 fully saturated rings. The molecule has 1 aliphatic heterocycles. The number of benzene rings is 2. The van der Waals surface area contributed by atoms with Crippen molar-refractivity contribution in [2.75, 3.05) is 26.7 Å². The van der Waals surface area contributed by atoms with Crippen molar-refractivity contribution in [2.24, 2.45) is 0 Å². The van der Waals surface area contributed by atoms with Gasteiger partial charge in [0.15, 0.2) is 0 Å². The number of hydrogen-bond acceptors (Lipinski definition) is 2. The summed E-state index contributed by atoms with van der Waals surface area (Å²) in [5, 5.41) is 3.14.